The first-order chi connectivity index (χ1) is 12.0. The van der Waals surface area contributed by atoms with Gasteiger partial charge in [-0.1, -0.05) is 18.6 Å². The molecule has 1 N–H and O–H groups in total. The molecule has 0 unspecified atom stereocenters. The van der Waals surface area contributed by atoms with Crippen LogP contribution in [0.25, 0.3) is 0 Å². The minimum absolute atomic E-state index is 0.0259. The smallest absolute Gasteiger partial charge is 0.252 e. The van der Waals surface area contributed by atoms with E-state index in [-0.39, 0.29) is 36.1 Å². The van der Waals surface area contributed by atoms with Crippen LogP contribution >= 0.6 is 0 Å². The number of allylic oxidation sites excluding steroid dienone is 2. The van der Waals surface area contributed by atoms with Crippen LogP contribution in [0, 0.1) is 17.3 Å². The first kappa shape index (κ1) is 17.4. The molecule has 3 fully saturated rings. The normalized spacial score (nSPS) is 38.2. The molecule has 4 aliphatic rings. The van der Waals surface area contributed by atoms with Crippen LogP contribution < -0.4 is 5.32 Å². The predicted octanol–water partition coefficient (Wildman–Crippen LogP) is 3.75. The minimum Gasteiger partial charge on any atom is -0.353 e. The van der Waals surface area contributed by atoms with Crippen molar-refractivity contribution >= 4 is 5.91 Å². The van der Waals surface area contributed by atoms with Gasteiger partial charge in [0.25, 0.3) is 5.92 Å². The molecule has 1 heterocycles. The van der Waals surface area contributed by atoms with E-state index in [0.29, 0.717) is 0 Å². The first-order valence-corrected chi connectivity index (χ1v) is 10.0. The lowest BCUT2D eigenvalue weighted by Crippen LogP contribution is -2.53. The van der Waals surface area contributed by atoms with Crippen molar-refractivity contribution in [2.45, 2.75) is 69.8 Å². The number of rotatable bonds is 4. The highest BCUT2D eigenvalue weighted by atomic mass is 19.3. The van der Waals surface area contributed by atoms with Crippen molar-refractivity contribution in [3.63, 3.8) is 0 Å². The second kappa shape index (κ2) is 6.64. The van der Waals surface area contributed by atoms with E-state index in [1.807, 2.05) is 0 Å². The molecular formula is C20H30F2N2O. The van der Waals surface area contributed by atoms with Crippen LogP contribution in [0.2, 0.25) is 0 Å². The molecule has 2 saturated carbocycles. The Bertz CT molecular complexity index is 542. The van der Waals surface area contributed by atoms with Gasteiger partial charge in [0, 0.05) is 37.9 Å². The summed E-state index contributed by atoms with van der Waals surface area (Å²) in [4.78, 5) is 15.3. The number of likely N-dealkylation sites (tertiary alicyclic amines) is 1. The maximum Gasteiger partial charge on any atom is 0.252 e. The van der Waals surface area contributed by atoms with Crippen LogP contribution in [0.3, 0.4) is 0 Å². The Kier molecular flexibility index (Phi) is 4.63. The van der Waals surface area contributed by atoms with Crippen molar-refractivity contribution in [2.24, 2.45) is 17.3 Å². The van der Waals surface area contributed by atoms with Crippen molar-refractivity contribution in [2.75, 3.05) is 19.6 Å². The summed E-state index contributed by atoms with van der Waals surface area (Å²) in [6, 6.07) is -0.313. The van der Waals surface area contributed by atoms with Crippen molar-refractivity contribution in [1.29, 1.82) is 0 Å². The predicted molar refractivity (Wildman–Crippen MR) is 93.4 cm³/mol. The first-order valence-electron chi connectivity index (χ1n) is 10.0. The van der Waals surface area contributed by atoms with Crippen LogP contribution in [0.5, 0.6) is 0 Å². The number of carbonyl (C=O) groups excluding carboxylic acids is 1. The van der Waals surface area contributed by atoms with Crippen LogP contribution in [0.15, 0.2) is 12.2 Å². The number of hydrogen-bond acceptors (Lipinski definition) is 2. The number of nitrogens with zero attached hydrogens (tertiary/aromatic N) is 1. The van der Waals surface area contributed by atoms with Gasteiger partial charge in [0.15, 0.2) is 0 Å². The number of alkyl halides is 2. The standard InChI is InChI=1S/C20H30F2N2O/c21-20(22)11-16(12-20)23-18(25)17-7-4-8-19(17)9-10-24(14-19)13-15-5-2-1-3-6-15/h1-2,15-17H,3-14H2,(H,23,25)/t15-,17-,19+/m0/s1. The lowest BCUT2D eigenvalue weighted by molar-refractivity contribution is -0.135. The monoisotopic (exact) mass is 352 g/mol. The van der Waals surface area contributed by atoms with Gasteiger partial charge in [-0.2, -0.15) is 0 Å². The third-order valence-corrected chi connectivity index (χ3v) is 7.02. The SMILES string of the molecule is O=C(NC1CC(F)(F)C1)[C@@H]1CCC[C@]12CCN(C[C@H]1CC=CCC1)C2. The van der Waals surface area contributed by atoms with Crippen molar-refractivity contribution in [3.05, 3.63) is 12.2 Å². The van der Waals surface area contributed by atoms with Crippen molar-refractivity contribution in [3.8, 4) is 0 Å². The van der Waals surface area contributed by atoms with Gasteiger partial charge in [0.1, 0.15) is 0 Å². The van der Waals surface area contributed by atoms with Gasteiger partial charge in [0.05, 0.1) is 0 Å². The van der Waals surface area contributed by atoms with Crippen LogP contribution in [-0.2, 0) is 4.79 Å². The minimum atomic E-state index is -2.57. The van der Waals surface area contributed by atoms with Crippen LogP contribution in [0.4, 0.5) is 8.78 Å². The van der Waals surface area contributed by atoms with Crippen molar-refractivity contribution < 1.29 is 13.6 Å². The molecule has 0 aromatic rings. The Balaban J connectivity index is 1.33. The van der Waals surface area contributed by atoms with Gasteiger partial charge in [-0.15, -0.1) is 0 Å². The quantitative estimate of drug-likeness (QED) is 0.782. The molecule has 1 saturated heterocycles. The highest BCUT2D eigenvalue weighted by molar-refractivity contribution is 5.80. The molecule has 4 rings (SSSR count). The van der Waals surface area contributed by atoms with E-state index >= 15 is 0 Å². The molecule has 0 radical (unpaired) electrons. The Morgan fingerprint density at radius 3 is 2.76 bits per heavy atom. The molecular weight excluding hydrogens is 322 g/mol. The fourth-order valence-electron chi connectivity index (χ4n) is 5.63. The van der Waals surface area contributed by atoms with E-state index in [4.69, 9.17) is 0 Å². The summed E-state index contributed by atoms with van der Waals surface area (Å²) in [5.74, 6) is -1.74. The molecule has 3 nitrogen and oxygen atoms in total. The molecule has 0 aromatic heterocycles. The van der Waals surface area contributed by atoms with Gasteiger partial charge in [-0.25, -0.2) is 8.78 Å². The van der Waals surface area contributed by atoms with Crippen LogP contribution in [-0.4, -0.2) is 42.4 Å². The topological polar surface area (TPSA) is 32.3 Å². The number of halogens is 2. The highest BCUT2D eigenvalue weighted by Crippen LogP contribution is 2.50. The zero-order valence-corrected chi connectivity index (χ0v) is 15.0. The number of nitrogens with one attached hydrogen (secondary N) is 1. The molecule has 1 amide bonds. The zero-order valence-electron chi connectivity index (χ0n) is 15.0. The van der Waals surface area contributed by atoms with Gasteiger partial charge in [-0.05, 0) is 56.4 Å². The summed E-state index contributed by atoms with van der Waals surface area (Å²) in [7, 11) is 0. The Morgan fingerprint density at radius 1 is 1.20 bits per heavy atom. The second-order valence-electron chi connectivity index (χ2n) is 8.91. The van der Waals surface area contributed by atoms with Gasteiger partial charge in [-0.3, -0.25) is 4.79 Å². The van der Waals surface area contributed by atoms with E-state index in [0.717, 1.165) is 51.2 Å². The van der Waals surface area contributed by atoms with Gasteiger partial charge in [0.2, 0.25) is 5.91 Å². The summed E-state index contributed by atoms with van der Waals surface area (Å²) in [6.07, 6.45) is 12.1. The molecule has 3 aliphatic carbocycles. The lowest BCUT2D eigenvalue weighted by Gasteiger charge is -2.38. The number of amides is 1. The average molecular weight is 352 g/mol. The van der Waals surface area contributed by atoms with E-state index < -0.39 is 5.92 Å². The van der Waals surface area contributed by atoms with E-state index in [2.05, 4.69) is 22.4 Å². The molecule has 25 heavy (non-hydrogen) atoms. The van der Waals surface area contributed by atoms with Gasteiger partial charge < -0.3 is 10.2 Å². The summed E-state index contributed by atoms with van der Waals surface area (Å²) in [5.41, 5.74) is 0.0981. The highest BCUT2D eigenvalue weighted by Gasteiger charge is 2.52. The molecule has 1 spiro atoms. The summed E-state index contributed by atoms with van der Waals surface area (Å²) < 4.78 is 26.0. The lowest BCUT2D eigenvalue weighted by atomic mass is 9.76. The molecule has 3 atom stereocenters. The fourth-order valence-corrected chi connectivity index (χ4v) is 5.63. The fraction of sp³-hybridized carbons (Fsp3) is 0.850. The zero-order chi connectivity index (χ0) is 17.5. The Morgan fingerprint density at radius 2 is 2.04 bits per heavy atom. The summed E-state index contributed by atoms with van der Waals surface area (Å²) in [6.45, 7) is 3.26. The Hall–Kier alpha value is -0.970. The summed E-state index contributed by atoms with van der Waals surface area (Å²) >= 11 is 0. The van der Waals surface area contributed by atoms with Crippen LogP contribution in [0.1, 0.15) is 57.8 Å². The molecule has 0 bridgehead atoms. The van der Waals surface area contributed by atoms with Gasteiger partial charge >= 0.3 is 0 Å². The molecule has 0 aromatic carbocycles. The second-order valence-corrected chi connectivity index (χ2v) is 8.91. The maximum absolute atomic E-state index is 13.0. The maximum atomic E-state index is 13.0. The van der Waals surface area contributed by atoms with E-state index in [9.17, 15) is 13.6 Å². The Labute approximate surface area is 149 Å². The molecule has 1 aliphatic heterocycles. The number of carbonyl (C=O) groups is 1. The molecule has 5 heteroatoms. The third-order valence-electron chi connectivity index (χ3n) is 7.02. The van der Waals surface area contributed by atoms with E-state index in [1.54, 1.807) is 0 Å². The summed E-state index contributed by atoms with van der Waals surface area (Å²) in [5, 5.41) is 2.91. The molecule has 140 valence electrons. The van der Waals surface area contributed by atoms with E-state index in [1.165, 1.54) is 19.3 Å². The average Bonchev–Trinajstić information content (AvgIpc) is 3.14. The number of hydrogen-bond donors (Lipinski definition) is 1. The largest absolute Gasteiger partial charge is 0.353 e. The third kappa shape index (κ3) is 3.62. The van der Waals surface area contributed by atoms with Crippen molar-refractivity contribution in [1.82, 2.24) is 10.2 Å².